The number of rotatable bonds is 6. The monoisotopic (exact) mass is 459 g/mol. The molecule has 0 atom stereocenters. The third kappa shape index (κ3) is 4.85. The summed E-state index contributed by atoms with van der Waals surface area (Å²) >= 11 is 0. The lowest BCUT2D eigenvalue weighted by atomic mass is 9.88. The van der Waals surface area contributed by atoms with Crippen molar-refractivity contribution in [2.45, 2.75) is 25.2 Å². The summed E-state index contributed by atoms with van der Waals surface area (Å²) in [6.45, 7) is 2.54. The molecule has 2 aromatic carbocycles. The summed E-state index contributed by atoms with van der Waals surface area (Å²) < 4.78 is 13.5. The first-order valence-corrected chi connectivity index (χ1v) is 11.4. The SMILES string of the molecule is O=C(O)Cc1ccc(C2CCN(C3=CC=C(c4nnc(-c5cccc(F)c5)[nH]4)CN3)CC2)cc1. The van der Waals surface area contributed by atoms with Gasteiger partial charge in [-0.3, -0.25) is 4.79 Å². The van der Waals surface area contributed by atoms with Gasteiger partial charge in [0.25, 0.3) is 0 Å². The van der Waals surface area contributed by atoms with E-state index in [4.69, 9.17) is 5.11 Å². The summed E-state index contributed by atoms with van der Waals surface area (Å²) in [5.41, 5.74) is 3.78. The lowest BCUT2D eigenvalue weighted by Gasteiger charge is -2.36. The molecule has 0 radical (unpaired) electrons. The Hall–Kier alpha value is -3.94. The lowest BCUT2D eigenvalue weighted by molar-refractivity contribution is -0.136. The zero-order chi connectivity index (χ0) is 23.5. The van der Waals surface area contributed by atoms with Crippen LogP contribution >= 0.6 is 0 Å². The van der Waals surface area contributed by atoms with Crippen LogP contribution in [0.15, 0.2) is 66.5 Å². The van der Waals surface area contributed by atoms with E-state index in [0.717, 1.165) is 42.9 Å². The van der Waals surface area contributed by atoms with E-state index in [2.05, 4.69) is 49.7 Å². The van der Waals surface area contributed by atoms with Crippen LogP contribution in [0.1, 0.15) is 35.7 Å². The van der Waals surface area contributed by atoms with Crippen molar-refractivity contribution in [3.8, 4) is 11.4 Å². The predicted molar refractivity (Wildman–Crippen MR) is 127 cm³/mol. The molecular weight excluding hydrogens is 433 g/mol. The smallest absolute Gasteiger partial charge is 0.307 e. The molecule has 0 unspecified atom stereocenters. The van der Waals surface area contributed by atoms with Crippen molar-refractivity contribution >= 4 is 11.5 Å². The normalized spacial score (nSPS) is 16.6. The highest BCUT2D eigenvalue weighted by atomic mass is 19.1. The molecule has 3 N–H and O–H groups in total. The molecule has 174 valence electrons. The van der Waals surface area contributed by atoms with Gasteiger partial charge >= 0.3 is 5.97 Å². The topological polar surface area (TPSA) is 94.1 Å². The Kier molecular flexibility index (Phi) is 6.12. The predicted octanol–water partition coefficient (Wildman–Crippen LogP) is 3.95. The molecule has 5 rings (SSSR count). The Bertz CT molecular complexity index is 1240. The fourth-order valence-electron chi connectivity index (χ4n) is 4.57. The van der Waals surface area contributed by atoms with Crippen LogP contribution in [0.5, 0.6) is 0 Å². The number of nitrogens with zero attached hydrogens (tertiary/aromatic N) is 3. The molecule has 3 heterocycles. The molecule has 0 amide bonds. The fraction of sp³-hybridized carbons (Fsp3) is 0.269. The number of benzene rings is 2. The molecule has 1 saturated heterocycles. The van der Waals surface area contributed by atoms with Crippen molar-refractivity contribution in [2.24, 2.45) is 0 Å². The maximum absolute atomic E-state index is 13.5. The third-order valence-corrected chi connectivity index (χ3v) is 6.43. The third-order valence-electron chi connectivity index (χ3n) is 6.43. The number of aliphatic carboxylic acids is 1. The molecule has 8 heteroatoms. The number of allylic oxidation sites excluding steroid dienone is 2. The molecular formula is C26H26FN5O2. The average Bonchev–Trinajstić information content (AvgIpc) is 3.35. The van der Waals surface area contributed by atoms with Crippen LogP contribution in [0.25, 0.3) is 17.0 Å². The van der Waals surface area contributed by atoms with Gasteiger partial charge < -0.3 is 20.3 Å². The first-order chi connectivity index (χ1) is 16.5. The van der Waals surface area contributed by atoms with Gasteiger partial charge in [0.05, 0.1) is 6.42 Å². The van der Waals surface area contributed by atoms with Crippen LogP contribution in [-0.4, -0.2) is 50.8 Å². The Balaban J connectivity index is 1.20. The second-order valence-corrected chi connectivity index (χ2v) is 8.70. The second-order valence-electron chi connectivity index (χ2n) is 8.70. The summed E-state index contributed by atoms with van der Waals surface area (Å²) in [6, 6.07) is 14.3. The minimum Gasteiger partial charge on any atom is -0.481 e. The number of carboxylic acid groups (broad SMARTS) is 1. The zero-order valence-corrected chi connectivity index (χ0v) is 18.7. The molecule has 3 aromatic rings. The molecule has 2 aliphatic rings. The summed E-state index contributed by atoms with van der Waals surface area (Å²) in [5, 5.41) is 20.8. The van der Waals surface area contributed by atoms with E-state index >= 15 is 0 Å². The van der Waals surface area contributed by atoms with Crippen LogP contribution < -0.4 is 5.32 Å². The van der Waals surface area contributed by atoms with Crippen molar-refractivity contribution in [1.82, 2.24) is 25.4 Å². The Morgan fingerprint density at radius 3 is 2.50 bits per heavy atom. The molecule has 0 bridgehead atoms. The maximum atomic E-state index is 13.5. The second kappa shape index (κ2) is 9.51. The Morgan fingerprint density at radius 2 is 1.82 bits per heavy atom. The van der Waals surface area contributed by atoms with E-state index < -0.39 is 5.97 Å². The molecule has 1 fully saturated rings. The van der Waals surface area contributed by atoms with Gasteiger partial charge in [0.1, 0.15) is 11.6 Å². The largest absolute Gasteiger partial charge is 0.481 e. The lowest BCUT2D eigenvalue weighted by Crippen LogP contribution is -2.39. The molecule has 7 nitrogen and oxygen atoms in total. The van der Waals surface area contributed by atoms with E-state index in [1.807, 2.05) is 12.1 Å². The average molecular weight is 460 g/mol. The van der Waals surface area contributed by atoms with Gasteiger partial charge in [0.15, 0.2) is 11.6 Å². The number of halogens is 1. The summed E-state index contributed by atoms with van der Waals surface area (Å²) in [7, 11) is 0. The number of aromatic nitrogens is 3. The van der Waals surface area contributed by atoms with Crippen LogP contribution in [0.4, 0.5) is 4.39 Å². The Morgan fingerprint density at radius 1 is 1.06 bits per heavy atom. The number of aromatic amines is 1. The number of piperidine rings is 1. The van der Waals surface area contributed by atoms with Crippen LogP contribution in [0.2, 0.25) is 0 Å². The number of dihydropyridines is 1. The zero-order valence-electron chi connectivity index (χ0n) is 18.7. The molecule has 2 aliphatic heterocycles. The van der Waals surface area contributed by atoms with Gasteiger partial charge in [-0.05, 0) is 54.2 Å². The summed E-state index contributed by atoms with van der Waals surface area (Å²) in [5.74, 6) is 1.70. The molecule has 34 heavy (non-hydrogen) atoms. The number of H-pyrrole nitrogens is 1. The van der Waals surface area contributed by atoms with Gasteiger partial charge in [-0.25, -0.2) is 4.39 Å². The number of likely N-dealkylation sites (tertiary alicyclic amines) is 1. The van der Waals surface area contributed by atoms with Crippen molar-refractivity contribution < 1.29 is 14.3 Å². The summed E-state index contributed by atoms with van der Waals surface area (Å²) in [4.78, 5) is 16.4. The minimum absolute atomic E-state index is 0.0637. The van der Waals surface area contributed by atoms with Crippen LogP contribution in [0, 0.1) is 5.82 Å². The highest BCUT2D eigenvalue weighted by Crippen LogP contribution is 2.30. The maximum Gasteiger partial charge on any atom is 0.307 e. The van der Waals surface area contributed by atoms with Gasteiger partial charge in [-0.2, -0.15) is 0 Å². The van der Waals surface area contributed by atoms with Crippen molar-refractivity contribution in [3.63, 3.8) is 0 Å². The van der Waals surface area contributed by atoms with E-state index in [1.165, 1.54) is 17.7 Å². The molecule has 0 saturated carbocycles. The van der Waals surface area contributed by atoms with E-state index in [0.29, 0.717) is 29.7 Å². The minimum atomic E-state index is -0.804. The number of hydrogen-bond acceptors (Lipinski definition) is 5. The number of carboxylic acids is 1. The van der Waals surface area contributed by atoms with Crippen LogP contribution in [-0.2, 0) is 11.2 Å². The number of carbonyl (C=O) groups is 1. The van der Waals surface area contributed by atoms with Gasteiger partial charge in [-0.1, -0.05) is 36.4 Å². The standard InChI is InChI=1S/C26H26FN5O2/c27-22-3-1-2-20(15-22)25-29-26(31-30-25)21-8-9-23(28-16-21)32-12-10-19(11-13-32)18-6-4-17(5-7-18)14-24(33)34/h1-9,15,19,28H,10-14,16H2,(H,33,34)(H,29,30,31). The van der Waals surface area contributed by atoms with Crippen molar-refractivity contribution in [1.29, 1.82) is 0 Å². The Labute approximate surface area is 197 Å². The van der Waals surface area contributed by atoms with Crippen molar-refractivity contribution in [3.05, 3.63) is 89.3 Å². The first-order valence-electron chi connectivity index (χ1n) is 11.4. The molecule has 1 aromatic heterocycles. The highest BCUT2D eigenvalue weighted by Gasteiger charge is 2.23. The van der Waals surface area contributed by atoms with E-state index in [9.17, 15) is 9.18 Å². The first kappa shape index (κ1) is 21.9. The highest BCUT2D eigenvalue weighted by molar-refractivity contribution is 5.70. The van der Waals surface area contributed by atoms with E-state index in [-0.39, 0.29) is 12.2 Å². The van der Waals surface area contributed by atoms with Gasteiger partial charge in [0, 0.05) is 30.8 Å². The quantitative estimate of drug-likeness (QED) is 0.517. The fourth-order valence-corrected chi connectivity index (χ4v) is 4.57. The van der Waals surface area contributed by atoms with Gasteiger partial charge in [-0.15, -0.1) is 10.2 Å². The number of hydrogen-bond donors (Lipinski definition) is 3. The van der Waals surface area contributed by atoms with E-state index in [1.54, 1.807) is 12.1 Å². The molecule has 0 spiro atoms. The number of nitrogens with one attached hydrogen (secondary N) is 2. The van der Waals surface area contributed by atoms with Crippen LogP contribution in [0.3, 0.4) is 0 Å². The molecule has 0 aliphatic carbocycles. The summed E-state index contributed by atoms with van der Waals surface area (Å²) in [6.07, 6.45) is 6.29. The van der Waals surface area contributed by atoms with Crippen molar-refractivity contribution in [2.75, 3.05) is 19.6 Å². The van der Waals surface area contributed by atoms with Gasteiger partial charge in [0.2, 0.25) is 0 Å².